The zero-order valence-corrected chi connectivity index (χ0v) is 12.4. The topological polar surface area (TPSA) is 56.0 Å². The molecule has 0 bridgehead atoms. The lowest BCUT2D eigenvalue weighted by molar-refractivity contribution is -0.605. The number of anilines is 1. The SMILES string of the molecule is [CH2]c1cccc(NC(=O)c2ccc(-c3cc[n+]([O-])cc3)cc2)c1. The summed E-state index contributed by atoms with van der Waals surface area (Å²) in [6.45, 7) is 3.84. The van der Waals surface area contributed by atoms with E-state index in [-0.39, 0.29) is 5.91 Å². The molecule has 0 fully saturated rings. The maximum atomic E-state index is 12.2. The Hall–Kier alpha value is -3.14. The van der Waals surface area contributed by atoms with Gasteiger partial charge in [0.15, 0.2) is 12.4 Å². The van der Waals surface area contributed by atoms with E-state index in [0.29, 0.717) is 5.56 Å². The van der Waals surface area contributed by atoms with E-state index >= 15 is 0 Å². The van der Waals surface area contributed by atoms with Crippen molar-refractivity contribution >= 4 is 11.6 Å². The number of carbonyl (C=O) groups excluding carboxylic acids is 1. The van der Waals surface area contributed by atoms with E-state index in [4.69, 9.17) is 0 Å². The molecule has 0 atom stereocenters. The number of rotatable bonds is 3. The zero-order valence-electron chi connectivity index (χ0n) is 12.4. The first-order valence-corrected chi connectivity index (χ1v) is 7.14. The van der Waals surface area contributed by atoms with Gasteiger partial charge in [-0.25, -0.2) is 0 Å². The van der Waals surface area contributed by atoms with Crippen LogP contribution in [0.2, 0.25) is 0 Å². The van der Waals surface area contributed by atoms with Crippen molar-refractivity contribution in [2.45, 2.75) is 0 Å². The molecular formula is C19H15N2O2. The molecule has 4 heteroatoms. The average Bonchev–Trinajstić information content (AvgIpc) is 2.56. The standard InChI is InChI=1S/C19H15N2O2/c1-14-3-2-4-18(13-14)20-19(22)17-7-5-15(6-8-17)16-9-11-21(23)12-10-16/h2-13H,1H2,(H,20,22). The van der Waals surface area contributed by atoms with Gasteiger partial charge in [0.2, 0.25) is 0 Å². The van der Waals surface area contributed by atoms with E-state index in [0.717, 1.165) is 27.1 Å². The highest BCUT2D eigenvalue weighted by atomic mass is 16.5. The fourth-order valence-electron chi connectivity index (χ4n) is 2.27. The van der Waals surface area contributed by atoms with Crippen LogP contribution in [0.5, 0.6) is 0 Å². The summed E-state index contributed by atoms with van der Waals surface area (Å²) in [5, 5.41) is 13.9. The van der Waals surface area contributed by atoms with Crippen LogP contribution in [0.1, 0.15) is 15.9 Å². The maximum absolute atomic E-state index is 12.2. The number of nitrogens with one attached hydrogen (secondary N) is 1. The lowest BCUT2D eigenvalue weighted by Gasteiger charge is -2.07. The fourth-order valence-corrected chi connectivity index (χ4v) is 2.27. The number of benzene rings is 2. The molecule has 0 saturated heterocycles. The summed E-state index contributed by atoms with van der Waals surface area (Å²) in [5.41, 5.74) is 4.00. The number of pyridine rings is 1. The van der Waals surface area contributed by atoms with Crippen LogP contribution in [0, 0.1) is 12.1 Å². The monoisotopic (exact) mass is 303 g/mol. The molecule has 1 amide bonds. The molecule has 1 radical (unpaired) electrons. The highest BCUT2D eigenvalue weighted by molar-refractivity contribution is 6.04. The molecule has 113 valence electrons. The quantitative estimate of drug-likeness (QED) is 0.595. The number of nitrogens with zero attached hydrogens (tertiary/aromatic N) is 1. The van der Waals surface area contributed by atoms with Crippen molar-refractivity contribution in [1.82, 2.24) is 0 Å². The number of hydrogen-bond donors (Lipinski definition) is 1. The maximum Gasteiger partial charge on any atom is 0.255 e. The number of amides is 1. The Morgan fingerprint density at radius 1 is 0.957 bits per heavy atom. The minimum atomic E-state index is -0.174. The molecule has 0 spiro atoms. The molecule has 3 rings (SSSR count). The summed E-state index contributed by atoms with van der Waals surface area (Å²) in [7, 11) is 0. The number of hydrogen-bond acceptors (Lipinski definition) is 2. The van der Waals surface area contributed by atoms with Crippen molar-refractivity contribution in [3.05, 3.63) is 96.3 Å². The molecule has 2 aromatic carbocycles. The summed E-state index contributed by atoms with van der Waals surface area (Å²) in [6, 6.07) is 18.1. The molecular weight excluding hydrogens is 288 g/mol. The molecule has 0 unspecified atom stereocenters. The van der Waals surface area contributed by atoms with E-state index < -0.39 is 0 Å². The lowest BCUT2D eigenvalue weighted by atomic mass is 10.0. The zero-order chi connectivity index (χ0) is 16.2. The highest BCUT2D eigenvalue weighted by Gasteiger charge is 2.07. The molecule has 0 aliphatic carbocycles. The van der Waals surface area contributed by atoms with E-state index in [1.165, 1.54) is 12.4 Å². The highest BCUT2D eigenvalue weighted by Crippen LogP contribution is 2.19. The summed E-state index contributed by atoms with van der Waals surface area (Å²) >= 11 is 0. The predicted molar refractivity (Wildman–Crippen MR) is 89.7 cm³/mol. The van der Waals surface area contributed by atoms with Crippen LogP contribution in [0.3, 0.4) is 0 Å². The van der Waals surface area contributed by atoms with Crippen LogP contribution in [-0.4, -0.2) is 5.91 Å². The minimum Gasteiger partial charge on any atom is -0.619 e. The van der Waals surface area contributed by atoms with Gasteiger partial charge >= 0.3 is 0 Å². The van der Waals surface area contributed by atoms with E-state index in [1.807, 2.05) is 36.4 Å². The van der Waals surface area contributed by atoms with Gasteiger partial charge in [-0.3, -0.25) is 4.79 Å². The van der Waals surface area contributed by atoms with E-state index in [1.54, 1.807) is 24.3 Å². The van der Waals surface area contributed by atoms with Crippen LogP contribution in [0.15, 0.2) is 73.1 Å². The van der Waals surface area contributed by atoms with Gasteiger partial charge < -0.3 is 10.5 Å². The smallest absolute Gasteiger partial charge is 0.255 e. The summed E-state index contributed by atoms with van der Waals surface area (Å²) in [6.07, 6.45) is 2.89. The van der Waals surface area contributed by atoms with Crippen LogP contribution in [-0.2, 0) is 0 Å². The van der Waals surface area contributed by atoms with Gasteiger partial charge in [0.1, 0.15) is 0 Å². The molecule has 23 heavy (non-hydrogen) atoms. The van der Waals surface area contributed by atoms with Gasteiger partial charge in [0.25, 0.3) is 5.91 Å². The van der Waals surface area contributed by atoms with Gasteiger partial charge in [0, 0.05) is 23.4 Å². The van der Waals surface area contributed by atoms with Crippen LogP contribution < -0.4 is 10.0 Å². The Morgan fingerprint density at radius 3 is 2.26 bits per heavy atom. The molecule has 1 N–H and O–H groups in total. The summed E-state index contributed by atoms with van der Waals surface area (Å²) in [5.74, 6) is -0.174. The van der Waals surface area contributed by atoms with Crippen molar-refractivity contribution in [1.29, 1.82) is 0 Å². The Bertz CT molecular complexity index is 825. The second-order valence-corrected chi connectivity index (χ2v) is 5.18. The summed E-state index contributed by atoms with van der Waals surface area (Å²) in [4.78, 5) is 12.2. The first kappa shape index (κ1) is 14.8. The largest absolute Gasteiger partial charge is 0.619 e. The second kappa shape index (κ2) is 6.32. The molecule has 0 saturated carbocycles. The van der Waals surface area contributed by atoms with Crippen molar-refractivity contribution in [3.8, 4) is 11.1 Å². The molecule has 3 aromatic rings. The predicted octanol–water partition coefficient (Wildman–Crippen LogP) is 3.42. The van der Waals surface area contributed by atoms with Gasteiger partial charge in [0.05, 0.1) is 0 Å². The lowest BCUT2D eigenvalue weighted by Crippen LogP contribution is -2.23. The first-order valence-electron chi connectivity index (χ1n) is 7.14. The number of aromatic nitrogens is 1. The Kier molecular flexibility index (Phi) is 4.06. The van der Waals surface area contributed by atoms with Crippen molar-refractivity contribution in [2.75, 3.05) is 5.32 Å². The second-order valence-electron chi connectivity index (χ2n) is 5.18. The molecule has 1 aromatic heterocycles. The van der Waals surface area contributed by atoms with E-state index in [9.17, 15) is 10.0 Å². The first-order chi connectivity index (χ1) is 11.1. The molecule has 0 aliphatic rings. The van der Waals surface area contributed by atoms with Crippen molar-refractivity contribution in [2.24, 2.45) is 0 Å². The average molecular weight is 303 g/mol. The van der Waals surface area contributed by atoms with Crippen LogP contribution in [0.4, 0.5) is 5.69 Å². The molecule has 0 aliphatic heterocycles. The van der Waals surface area contributed by atoms with Crippen molar-refractivity contribution < 1.29 is 9.52 Å². The van der Waals surface area contributed by atoms with Gasteiger partial charge in [-0.1, -0.05) is 24.3 Å². The Morgan fingerprint density at radius 2 is 1.61 bits per heavy atom. The van der Waals surface area contributed by atoms with Crippen molar-refractivity contribution in [3.63, 3.8) is 0 Å². The third-order valence-corrected chi connectivity index (χ3v) is 3.47. The van der Waals surface area contributed by atoms with Crippen LogP contribution >= 0.6 is 0 Å². The molecule has 4 nitrogen and oxygen atoms in total. The normalized spacial score (nSPS) is 10.3. The van der Waals surface area contributed by atoms with Crippen LogP contribution in [0.25, 0.3) is 11.1 Å². The van der Waals surface area contributed by atoms with Gasteiger partial charge in [-0.2, -0.15) is 4.73 Å². The van der Waals surface area contributed by atoms with Gasteiger partial charge in [-0.05, 0) is 47.9 Å². The van der Waals surface area contributed by atoms with Gasteiger partial charge in [-0.15, -0.1) is 0 Å². The van der Waals surface area contributed by atoms with E-state index in [2.05, 4.69) is 12.2 Å². The minimum absolute atomic E-state index is 0.174. The Balaban J connectivity index is 1.76. The third-order valence-electron chi connectivity index (χ3n) is 3.47. The Labute approximate surface area is 134 Å². The molecule has 1 heterocycles. The number of carbonyl (C=O) groups is 1. The summed E-state index contributed by atoms with van der Waals surface area (Å²) < 4.78 is 0.738. The fraction of sp³-hybridized carbons (Fsp3) is 0. The third kappa shape index (κ3) is 3.55.